The highest BCUT2D eigenvalue weighted by molar-refractivity contribution is 14.0. The molecule has 1 aromatic carbocycles. The maximum atomic E-state index is 13.4. The summed E-state index contributed by atoms with van der Waals surface area (Å²) in [4.78, 5) is 4.29. The molecule has 0 amide bonds. The number of guanidine groups is 1. The fraction of sp³-hybridized carbons (Fsp3) is 0.500. The summed E-state index contributed by atoms with van der Waals surface area (Å²) >= 11 is 0. The van der Waals surface area contributed by atoms with Gasteiger partial charge in [0.25, 0.3) is 0 Å². The van der Waals surface area contributed by atoms with Gasteiger partial charge in [-0.15, -0.1) is 24.0 Å². The molecular weight excluding hydrogens is 391 g/mol. The van der Waals surface area contributed by atoms with Gasteiger partial charge < -0.3 is 15.4 Å². The normalized spacial score (nSPS) is 11.0. The van der Waals surface area contributed by atoms with E-state index in [0.717, 1.165) is 12.6 Å². The zero-order chi connectivity index (χ0) is 14.8. The first-order valence-electron chi connectivity index (χ1n) is 6.62. The van der Waals surface area contributed by atoms with Gasteiger partial charge in [-0.2, -0.15) is 0 Å². The molecule has 0 aliphatic rings. The number of benzene rings is 1. The molecule has 0 saturated heterocycles. The zero-order valence-electron chi connectivity index (χ0n) is 12.3. The van der Waals surface area contributed by atoms with Gasteiger partial charge >= 0.3 is 0 Å². The Labute approximate surface area is 141 Å². The summed E-state index contributed by atoms with van der Waals surface area (Å²) in [5.74, 6) is -0.422. The molecule has 0 aromatic heterocycles. The number of aliphatic imine (C=N–C) groups is 1. The van der Waals surface area contributed by atoms with Crippen molar-refractivity contribution in [3.05, 3.63) is 35.4 Å². The molecule has 4 nitrogen and oxygen atoms in total. The molecule has 0 fully saturated rings. The van der Waals surface area contributed by atoms with E-state index >= 15 is 0 Å². The number of rotatable bonds is 7. The van der Waals surface area contributed by atoms with Crippen LogP contribution >= 0.6 is 24.0 Å². The van der Waals surface area contributed by atoms with Crippen molar-refractivity contribution in [2.24, 2.45) is 4.99 Å². The van der Waals surface area contributed by atoms with Crippen LogP contribution in [0.15, 0.2) is 23.2 Å². The second kappa shape index (κ2) is 11.7. The standard InChI is InChI=1S/C14H21F2N3O.HI/c1-3-17-14(19-8-9-20-2)18-7-6-11-4-5-12(15)10-13(11)16;/h4-5,10H,3,6-9H2,1-2H3,(H2,17,18,19);1H. The molecule has 0 aliphatic heterocycles. The number of halogens is 3. The smallest absolute Gasteiger partial charge is 0.191 e. The number of hydrogen-bond acceptors (Lipinski definition) is 2. The topological polar surface area (TPSA) is 45.7 Å². The first kappa shape index (κ1) is 20.0. The first-order chi connectivity index (χ1) is 9.67. The Balaban J connectivity index is 0.00000400. The maximum absolute atomic E-state index is 13.4. The summed E-state index contributed by atoms with van der Waals surface area (Å²) in [7, 11) is 1.62. The van der Waals surface area contributed by atoms with Gasteiger partial charge in [-0.25, -0.2) is 8.78 Å². The van der Waals surface area contributed by atoms with Crippen LogP contribution in [-0.2, 0) is 11.2 Å². The monoisotopic (exact) mass is 413 g/mol. The Morgan fingerprint density at radius 3 is 2.67 bits per heavy atom. The highest BCUT2D eigenvalue weighted by atomic mass is 127. The van der Waals surface area contributed by atoms with Gasteiger partial charge in [0.05, 0.1) is 13.2 Å². The van der Waals surface area contributed by atoms with E-state index in [1.807, 2.05) is 6.92 Å². The minimum absolute atomic E-state index is 0. The number of methoxy groups -OCH3 is 1. The van der Waals surface area contributed by atoms with Crippen LogP contribution in [0.2, 0.25) is 0 Å². The fourth-order valence-corrected chi connectivity index (χ4v) is 1.63. The third kappa shape index (κ3) is 8.15. The first-order valence-corrected chi connectivity index (χ1v) is 6.62. The number of nitrogens with one attached hydrogen (secondary N) is 2. The van der Waals surface area contributed by atoms with E-state index in [2.05, 4.69) is 15.6 Å². The van der Waals surface area contributed by atoms with Crippen molar-refractivity contribution in [2.75, 3.05) is 33.4 Å². The van der Waals surface area contributed by atoms with Gasteiger partial charge in [0, 0.05) is 26.3 Å². The molecule has 0 aliphatic carbocycles. The number of hydrogen-bond donors (Lipinski definition) is 2. The van der Waals surface area contributed by atoms with E-state index in [-0.39, 0.29) is 24.0 Å². The molecule has 7 heteroatoms. The molecule has 0 unspecified atom stereocenters. The van der Waals surface area contributed by atoms with Crippen molar-refractivity contribution in [3.8, 4) is 0 Å². The van der Waals surface area contributed by atoms with Crippen molar-refractivity contribution < 1.29 is 13.5 Å². The van der Waals surface area contributed by atoms with Crippen LogP contribution in [0.1, 0.15) is 12.5 Å². The van der Waals surface area contributed by atoms with Gasteiger partial charge in [0.15, 0.2) is 5.96 Å². The summed E-state index contributed by atoms with van der Waals surface area (Å²) in [6.07, 6.45) is 0.459. The van der Waals surface area contributed by atoms with E-state index in [0.29, 0.717) is 37.6 Å². The Morgan fingerprint density at radius 2 is 2.05 bits per heavy atom. The lowest BCUT2D eigenvalue weighted by atomic mass is 10.1. The van der Waals surface area contributed by atoms with Crippen LogP contribution in [0.5, 0.6) is 0 Å². The molecule has 1 rings (SSSR count). The third-order valence-electron chi connectivity index (χ3n) is 2.61. The number of nitrogens with zero attached hydrogens (tertiary/aromatic N) is 1. The minimum Gasteiger partial charge on any atom is -0.383 e. The summed E-state index contributed by atoms with van der Waals surface area (Å²) in [5.41, 5.74) is 0.478. The van der Waals surface area contributed by atoms with Gasteiger partial charge in [-0.05, 0) is 25.0 Å². The average Bonchev–Trinajstić information content (AvgIpc) is 2.41. The quantitative estimate of drug-likeness (QED) is 0.312. The Kier molecular flexibility index (Phi) is 11.1. The van der Waals surface area contributed by atoms with E-state index in [1.54, 1.807) is 7.11 Å². The highest BCUT2D eigenvalue weighted by Crippen LogP contribution is 2.09. The van der Waals surface area contributed by atoms with Crippen LogP contribution in [0.4, 0.5) is 8.78 Å². The van der Waals surface area contributed by atoms with Crippen LogP contribution in [0, 0.1) is 11.6 Å². The van der Waals surface area contributed by atoms with Crippen LogP contribution < -0.4 is 10.6 Å². The lowest BCUT2D eigenvalue weighted by Gasteiger charge is -2.11. The maximum Gasteiger partial charge on any atom is 0.191 e. The van der Waals surface area contributed by atoms with Gasteiger partial charge in [0.1, 0.15) is 11.6 Å². The fourth-order valence-electron chi connectivity index (χ4n) is 1.63. The second-order valence-corrected chi connectivity index (χ2v) is 4.17. The van der Waals surface area contributed by atoms with Gasteiger partial charge in [0.2, 0.25) is 0 Å². The molecule has 2 N–H and O–H groups in total. The van der Waals surface area contributed by atoms with Crippen molar-refractivity contribution in [1.29, 1.82) is 0 Å². The van der Waals surface area contributed by atoms with Crippen LogP contribution in [0.25, 0.3) is 0 Å². The average molecular weight is 413 g/mol. The Bertz CT molecular complexity index is 444. The summed E-state index contributed by atoms with van der Waals surface area (Å²) in [6, 6.07) is 3.62. The summed E-state index contributed by atoms with van der Waals surface area (Å²) in [5, 5.41) is 6.17. The third-order valence-corrected chi connectivity index (χ3v) is 2.61. The molecule has 1 aromatic rings. The Hall–Kier alpha value is -0.960. The largest absolute Gasteiger partial charge is 0.383 e. The van der Waals surface area contributed by atoms with Crippen LogP contribution in [-0.4, -0.2) is 39.3 Å². The van der Waals surface area contributed by atoms with Crippen molar-refractivity contribution in [1.82, 2.24) is 10.6 Å². The van der Waals surface area contributed by atoms with Gasteiger partial charge in [-0.1, -0.05) is 6.07 Å². The van der Waals surface area contributed by atoms with Crippen molar-refractivity contribution >= 4 is 29.9 Å². The van der Waals surface area contributed by atoms with Gasteiger partial charge in [-0.3, -0.25) is 4.99 Å². The molecular formula is C14H22F2IN3O. The van der Waals surface area contributed by atoms with Crippen molar-refractivity contribution in [2.45, 2.75) is 13.3 Å². The van der Waals surface area contributed by atoms with E-state index in [4.69, 9.17) is 4.74 Å². The molecule has 21 heavy (non-hydrogen) atoms. The summed E-state index contributed by atoms with van der Waals surface area (Å²) in [6.45, 7) is 4.32. The van der Waals surface area contributed by atoms with E-state index in [9.17, 15) is 8.78 Å². The number of ether oxygens (including phenoxy) is 1. The highest BCUT2D eigenvalue weighted by Gasteiger charge is 2.04. The molecule has 0 bridgehead atoms. The zero-order valence-corrected chi connectivity index (χ0v) is 14.6. The lowest BCUT2D eigenvalue weighted by molar-refractivity contribution is 0.208. The van der Waals surface area contributed by atoms with E-state index in [1.165, 1.54) is 12.1 Å². The lowest BCUT2D eigenvalue weighted by Crippen LogP contribution is -2.38. The minimum atomic E-state index is -0.561. The molecule has 0 heterocycles. The molecule has 0 saturated carbocycles. The predicted octanol–water partition coefficient (Wildman–Crippen LogP) is 2.33. The molecule has 0 spiro atoms. The predicted molar refractivity (Wildman–Crippen MR) is 91.3 cm³/mol. The molecule has 120 valence electrons. The Morgan fingerprint density at radius 1 is 1.29 bits per heavy atom. The van der Waals surface area contributed by atoms with Crippen LogP contribution in [0.3, 0.4) is 0 Å². The molecule has 0 radical (unpaired) electrons. The van der Waals surface area contributed by atoms with Crippen molar-refractivity contribution in [3.63, 3.8) is 0 Å². The SMILES string of the molecule is CCNC(=NCCOC)NCCc1ccc(F)cc1F.I. The van der Waals surface area contributed by atoms with E-state index < -0.39 is 11.6 Å². The molecule has 0 atom stereocenters. The second-order valence-electron chi connectivity index (χ2n) is 4.17. The summed E-state index contributed by atoms with van der Waals surface area (Å²) < 4.78 is 31.1.